The SMILES string of the molecule is C=CCc1cc(CNNc2ccccc2)c(O)c(OC)c1. The van der Waals surface area contributed by atoms with E-state index in [1.165, 1.54) is 0 Å². The molecule has 110 valence electrons. The minimum absolute atomic E-state index is 0.160. The molecule has 0 fully saturated rings. The highest BCUT2D eigenvalue weighted by Crippen LogP contribution is 2.31. The third kappa shape index (κ3) is 4.00. The van der Waals surface area contributed by atoms with Crippen LogP contribution in [-0.2, 0) is 13.0 Å². The topological polar surface area (TPSA) is 53.5 Å². The van der Waals surface area contributed by atoms with E-state index >= 15 is 0 Å². The van der Waals surface area contributed by atoms with Gasteiger partial charge in [-0.25, -0.2) is 5.43 Å². The maximum absolute atomic E-state index is 10.2. The molecule has 0 aliphatic heterocycles. The Bertz CT molecular complexity index is 597. The zero-order chi connectivity index (χ0) is 15.1. The molecule has 3 N–H and O–H groups in total. The molecule has 4 nitrogen and oxygen atoms in total. The van der Waals surface area contributed by atoms with Crippen molar-refractivity contribution in [3.63, 3.8) is 0 Å². The van der Waals surface area contributed by atoms with Crippen molar-refractivity contribution < 1.29 is 9.84 Å². The Labute approximate surface area is 125 Å². The summed E-state index contributed by atoms with van der Waals surface area (Å²) in [5.41, 5.74) is 8.96. The predicted molar refractivity (Wildman–Crippen MR) is 85.5 cm³/mol. The zero-order valence-corrected chi connectivity index (χ0v) is 12.1. The summed E-state index contributed by atoms with van der Waals surface area (Å²) in [4.78, 5) is 0. The summed E-state index contributed by atoms with van der Waals surface area (Å²) in [5, 5.41) is 10.2. The first kappa shape index (κ1) is 14.9. The number of methoxy groups -OCH3 is 1. The summed E-state index contributed by atoms with van der Waals surface area (Å²) in [7, 11) is 1.55. The highest BCUT2D eigenvalue weighted by molar-refractivity contribution is 5.49. The summed E-state index contributed by atoms with van der Waals surface area (Å²) >= 11 is 0. The predicted octanol–water partition coefficient (Wildman–Crippen LogP) is 3.25. The summed E-state index contributed by atoms with van der Waals surface area (Å²) < 4.78 is 5.20. The molecule has 0 saturated carbocycles. The second-order valence-electron chi connectivity index (χ2n) is 4.64. The molecule has 0 atom stereocenters. The van der Waals surface area contributed by atoms with Gasteiger partial charge in [0.25, 0.3) is 0 Å². The quantitative estimate of drug-likeness (QED) is 0.539. The number of phenols is 1. The lowest BCUT2D eigenvalue weighted by atomic mass is 10.1. The number of aromatic hydroxyl groups is 1. The average molecular weight is 284 g/mol. The summed E-state index contributed by atoms with van der Waals surface area (Å²) in [6, 6.07) is 13.6. The Balaban J connectivity index is 2.07. The fraction of sp³-hybridized carbons (Fsp3) is 0.176. The Hall–Kier alpha value is -2.46. The molecule has 2 rings (SSSR count). The standard InChI is InChI=1S/C17H20N2O2/c1-3-7-13-10-14(17(20)16(11-13)21-2)12-18-19-15-8-5-4-6-9-15/h3-6,8-11,18-20H,1,7,12H2,2H3. The number of rotatable bonds is 7. The first-order valence-electron chi connectivity index (χ1n) is 6.78. The van der Waals surface area contributed by atoms with Gasteiger partial charge in [0.15, 0.2) is 11.5 Å². The fourth-order valence-electron chi connectivity index (χ4n) is 2.07. The van der Waals surface area contributed by atoms with E-state index in [2.05, 4.69) is 17.4 Å². The largest absolute Gasteiger partial charge is 0.504 e. The fourth-order valence-corrected chi connectivity index (χ4v) is 2.07. The van der Waals surface area contributed by atoms with Gasteiger partial charge in [-0.05, 0) is 30.2 Å². The molecule has 0 spiro atoms. The molecule has 0 bridgehead atoms. The van der Waals surface area contributed by atoms with E-state index in [9.17, 15) is 5.11 Å². The molecule has 0 aliphatic rings. The maximum Gasteiger partial charge on any atom is 0.162 e. The molecule has 0 unspecified atom stereocenters. The Morgan fingerprint density at radius 3 is 2.67 bits per heavy atom. The highest BCUT2D eigenvalue weighted by Gasteiger charge is 2.10. The molecule has 0 heterocycles. The van der Waals surface area contributed by atoms with E-state index < -0.39 is 0 Å². The Kier molecular flexibility index (Phi) is 5.23. The summed E-state index contributed by atoms with van der Waals surface area (Å²) in [6.07, 6.45) is 2.56. The molecule has 0 radical (unpaired) electrons. The van der Waals surface area contributed by atoms with Crippen molar-refractivity contribution in [2.45, 2.75) is 13.0 Å². The average Bonchev–Trinajstić information content (AvgIpc) is 2.51. The monoisotopic (exact) mass is 284 g/mol. The van der Waals surface area contributed by atoms with Crippen molar-refractivity contribution in [1.82, 2.24) is 5.43 Å². The number of anilines is 1. The molecule has 4 heteroatoms. The number of phenolic OH excluding ortho intramolecular Hbond substituents is 1. The number of hydrogen-bond donors (Lipinski definition) is 3. The van der Waals surface area contributed by atoms with E-state index in [1.54, 1.807) is 7.11 Å². The van der Waals surface area contributed by atoms with Crippen molar-refractivity contribution in [3.05, 3.63) is 66.2 Å². The van der Waals surface area contributed by atoms with Crippen LogP contribution in [0, 0.1) is 0 Å². The van der Waals surface area contributed by atoms with E-state index in [0.717, 1.165) is 23.2 Å². The van der Waals surface area contributed by atoms with E-state index in [4.69, 9.17) is 4.74 Å². The van der Waals surface area contributed by atoms with Gasteiger partial charge in [0.05, 0.1) is 7.11 Å². The van der Waals surface area contributed by atoms with E-state index in [1.807, 2.05) is 48.5 Å². The molecular formula is C17H20N2O2. The molecule has 0 saturated heterocycles. The molecular weight excluding hydrogens is 264 g/mol. The van der Waals surface area contributed by atoms with Crippen LogP contribution in [0.5, 0.6) is 11.5 Å². The highest BCUT2D eigenvalue weighted by atomic mass is 16.5. The van der Waals surface area contributed by atoms with Crippen LogP contribution >= 0.6 is 0 Å². The van der Waals surface area contributed by atoms with Gasteiger partial charge in [-0.2, -0.15) is 0 Å². The molecule has 21 heavy (non-hydrogen) atoms. The minimum Gasteiger partial charge on any atom is -0.504 e. The van der Waals surface area contributed by atoms with Crippen molar-refractivity contribution in [2.75, 3.05) is 12.5 Å². The first-order valence-corrected chi connectivity index (χ1v) is 6.78. The molecule has 0 aliphatic carbocycles. The third-order valence-corrected chi connectivity index (χ3v) is 3.10. The number of ether oxygens (including phenoxy) is 1. The van der Waals surface area contributed by atoms with Crippen molar-refractivity contribution in [2.24, 2.45) is 0 Å². The van der Waals surface area contributed by atoms with Gasteiger partial charge >= 0.3 is 0 Å². The Morgan fingerprint density at radius 1 is 1.24 bits per heavy atom. The summed E-state index contributed by atoms with van der Waals surface area (Å²) in [5.74, 6) is 0.638. The van der Waals surface area contributed by atoms with Crippen LogP contribution in [0.4, 0.5) is 5.69 Å². The first-order chi connectivity index (χ1) is 10.2. The molecule has 0 amide bonds. The van der Waals surface area contributed by atoms with Gasteiger partial charge in [-0.3, -0.25) is 0 Å². The second kappa shape index (κ2) is 7.36. The second-order valence-corrected chi connectivity index (χ2v) is 4.64. The van der Waals surface area contributed by atoms with Crippen LogP contribution in [0.3, 0.4) is 0 Å². The molecule has 2 aromatic rings. The maximum atomic E-state index is 10.2. The Morgan fingerprint density at radius 2 is 2.00 bits per heavy atom. The van der Waals surface area contributed by atoms with Gasteiger partial charge < -0.3 is 15.3 Å². The van der Waals surface area contributed by atoms with Gasteiger partial charge in [0.1, 0.15) is 0 Å². The van der Waals surface area contributed by atoms with Crippen LogP contribution < -0.4 is 15.6 Å². The normalized spacial score (nSPS) is 10.1. The smallest absolute Gasteiger partial charge is 0.162 e. The van der Waals surface area contributed by atoms with E-state index in [-0.39, 0.29) is 5.75 Å². The lowest BCUT2D eigenvalue weighted by Crippen LogP contribution is -2.21. The number of allylic oxidation sites excluding steroid dienone is 1. The van der Waals surface area contributed by atoms with E-state index in [0.29, 0.717) is 12.3 Å². The van der Waals surface area contributed by atoms with Crippen molar-refractivity contribution in [1.29, 1.82) is 0 Å². The number of hydrogen-bond acceptors (Lipinski definition) is 4. The number of para-hydroxylation sites is 1. The van der Waals surface area contributed by atoms with Crippen molar-refractivity contribution >= 4 is 5.69 Å². The summed E-state index contributed by atoms with van der Waals surface area (Å²) in [6.45, 7) is 4.21. The minimum atomic E-state index is 0.160. The lowest BCUT2D eigenvalue weighted by molar-refractivity contribution is 0.369. The van der Waals surface area contributed by atoms with Crippen LogP contribution in [0.1, 0.15) is 11.1 Å². The van der Waals surface area contributed by atoms with Crippen LogP contribution in [0.15, 0.2) is 55.1 Å². The van der Waals surface area contributed by atoms with Gasteiger partial charge in [-0.1, -0.05) is 30.3 Å². The molecule has 0 aromatic heterocycles. The van der Waals surface area contributed by atoms with Crippen LogP contribution in [0.2, 0.25) is 0 Å². The zero-order valence-electron chi connectivity index (χ0n) is 12.1. The lowest BCUT2D eigenvalue weighted by Gasteiger charge is -2.13. The number of benzene rings is 2. The van der Waals surface area contributed by atoms with Gasteiger partial charge in [-0.15, -0.1) is 6.58 Å². The third-order valence-electron chi connectivity index (χ3n) is 3.10. The number of nitrogens with one attached hydrogen (secondary N) is 2. The van der Waals surface area contributed by atoms with Crippen molar-refractivity contribution in [3.8, 4) is 11.5 Å². The van der Waals surface area contributed by atoms with Gasteiger partial charge in [0, 0.05) is 17.8 Å². The number of hydrazine groups is 1. The molecule has 2 aromatic carbocycles. The van der Waals surface area contributed by atoms with Crippen LogP contribution in [0.25, 0.3) is 0 Å². The van der Waals surface area contributed by atoms with Crippen LogP contribution in [-0.4, -0.2) is 12.2 Å². The van der Waals surface area contributed by atoms with Gasteiger partial charge in [0.2, 0.25) is 0 Å².